The summed E-state index contributed by atoms with van der Waals surface area (Å²) >= 11 is 0. The number of fused-ring (bicyclic) bond motifs is 1. The number of imidazole rings is 1. The molecular weight excluding hydrogens is 376 g/mol. The first-order chi connectivity index (χ1) is 14.6. The highest BCUT2D eigenvalue weighted by Gasteiger charge is 2.23. The molecule has 1 heterocycles. The summed E-state index contributed by atoms with van der Waals surface area (Å²) in [6.45, 7) is 0.493. The molecule has 1 aromatic heterocycles. The second-order valence-corrected chi connectivity index (χ2v) is 7.95. The van der Waals surface area contributed by atoms with Crippen molar-refractivity contribution < 1.29 is 9.59 Å². The lowest BCUT2D eigenvalue weighted by Gasteiger charge is -2.31. The number of nitrogens with zero attached hydrogens (tertiary/aromatic N) is 3. The van der Waals surface area contributed by atoms with Gasteiger partial charge in [-0.15, -0.1) is 0 Å². The van der Waals surface area contributed by atoms with Gasteiger partial charge in [0.25, 0.3) is 5.91 Å². The summed E-state index contributed by atoms with van der Waals surface area (Å²) in [6.07, 6.45) is 5.79. The van der Waals surface area contributed by atoms with Crippen LogP contribution in [0.2, 0.25) is 0 Å². The Morgan fingerprint density at radius 2 is 1.73 bits per heavy atom. The third-order valence-electron chi connectivity index (χ3n) is 5.99. The molecule has 0 spiro atoms. The van der Waals surface area contributed by atoms with Gasteiger partial charge in [0.05, 0.1) is 17.6 Å². The quantitative estimate of drug-likeness (QED) is 0.680. The molecule has 2 amide bonds. The van der Waals surface area contributed by atoms with E-state index in [-0.39, 0.29) is 24.9 Å². The van der Waals surface area contributed by atoms with Crippen LogP contribution in [0.1, 0.15) is 48.3 Å². The van der Waals surface area contributed by atoms with Gasteiger partial charge in [-0.3, -0.25) is 9.59 Å². The Morgan fingerprint density at radius 1 is 1.03 bits per heavy atom. The second-order valence-electron chi connectivity index (χ2n) is 7.95. The smallest absolute Gasteiger partial charge is 0.251 e. The van der Waals surface area contributed by atoms with Gasteiger partial charge in [-0.1, -0.05) is 49.6 Å². The second kappa shape index (κ2) is 9.11. The van der Waals surface area contributed by atoms with Crippen LogP contribution < -0.4 is 5.32 Å². The van der Waals surface area contributed by atoms with Crippen molar-refractivity contribution in [3.63, 3.8) is 0 Å². The van der Waals surface area contributed by atoms with E-state index in [1.165, 1.54) is 19.3 Å². The summed E-state index contributed by atoms with van der Waals surface area (Å²) < 4.78 is 1.93. The first kappa shape index (κ1) is 20.1. The molecule has 3 aromatic rings. The standard InChI is InChI=1S/C24H28N4O2/c1-27(19-12-6-3-7-13-19)23(29)17-28-21-15-9-8-14-20(21)26-22(28)16-25-24(30)18-10-4-2-5-11-18/h2,4-5,8-11,14-15,19H,3,6-7,12-13,16-17H2,1H3,(H,25,30). The van der Waals surface area contributed by atoms with Crippen LogP contribution in [-0.2, 0) is 17.9 Å². The Labute approximate surface area is 176 Å². The number of amides is 2. The van der Waals surface area contributed by atoms with Crippen molar-refractivity contribution in [1.82, 2.24) is 19.8 Å². The molecule has 1 N–H and O–H groups in total. The molecule has 0 saturated heterocycles. The average Bonchev–Trinajstić information content (AvgIpc) is 3.15. The van der Waals surface area contributed by atoms with Crippen LogP contribution in [0.5, 0.6) is 0 Å². The predicted octanol–water partition coefficient (Wildman–Crippen LogP) is 3.76. The third kappa shape index (κ3) is 4.37. The SMILES string of the molecule is CN(C(=O)Cn1c(CNC(=O)c2ccccc2)nc2ccccc21)C1CCCCC1. The van der Waals surface area contributed by atoms with Gasteiger partial charge in [-0.2, -0.15) is 0 Å². The van der Waals surface area contributed by atoms with Gasteiger partial charge in [0.2, 0.25) is 5.91 Å². The van der Waals surface area contributed by atoms with E-state index in [9.17, 15) is 9.59 Å². The van der Waals surface area contributed by atoms with Gasteiger partial charge >= 0.3 is 0 Å². The molecule has 1 saturated carbocycles. The molecule has 1 aliphatic carbocycles. The minimum atomic E-state index is -0.153. The summed E-state index contributed by atoms with van der Waals surface area (Å²) in [5, 5.41) is 2.94. The number of benzene rings is 2. The lowest BCUT2D eigenvalue weighted by atomic mass is 9.94. The average molecular weight is 405 g/mol. The molecule has 156 valence electrons. The van der Waals surface area contributed by atoms with E-state index in [1.807, 2.05) is 59.0 Å². The molecule has 0 unspecified atom stereocenters. The zero-order valence-electron chi connectivity index (χ0n) is 17.4. The number of rotatable bonds is 6. The molecule has 0 atom stereocenters. The largest absolute Gasteiger partial charge is 0.345 e. The number of para-hydroxylation sites is 2. The summed E-state index contributed by atoms with van der Waals surface area (Å²) in [6, 6.07) is 17.2. The molecule has 1 fully saturated rings. The summed E-state index contributed by atoms with van der Waals surface area (Å²) in [5.74, 6) is 0.617. The van der Waals surface area contributed by atoms with Crippen molar-refractivity contribution >= 4 is 22.8 Å². The summed E-state index contributed by atoms with van der Waals surface area (Å²) in [4.78, 5) is 32.1. The van der Waals surface area contributed by atoms with Gasteiger partial charge in [0.1, 0.15) is 12.4 Å². The van der Waals surface area contributed by atoms with E-state index < -0.39 is 0 Å². The number of nitrogens with one attached hydrogen (secondary N) is 1. The fraction of sp³-hybridized carbons (Fsp3) is 0.375. The van der Waals surface area contributed by atoms with Crippen molar-refractivity contribution in [2.75, 3.05) is 7.05 Å². The fourth-order valence-electron chi connectivity index (χ4n) is 4.21. The summed E-state index contributed by atoms with van der Waals surface area (Å²) in [7, 11) is 1.91. The normalized spacial score (nSPS) is 14.6. The van der Waals surface area contributed by atoms with E-state index in [0.29, 0.717) is 17.4 Å². The Hall–Kier alpha value is -3.15. The Bertz CT molecular complexity index is 1020. The van der Waals surface area contributed by atoms with E-state index in [1.54, 1.807) is 12.1 Å². The Morgan fingerprint density at radius 3 is 2.50 bits per heavy atom. The molecular formula is C24H28N4O2. The minimum Gasteiger partial charge on any atom is -0.345 e. The lowest BCUT2D eigenvalue weighted by molar-refractivity contribution is -0.133. The first-order valence-corrected chi connectivity index (χ1v) is 10.7. The van der Waals surface area contributed by atoms with Crippen LogP contribution in [-0.4, -0.2) is 39.4 Å². The molecule has 30 heavy (non-hydrogen) atoms. The van der Waals surface area contributed by atoms with Gasteiger partial charge < -0.3 is 14.8 Å². The molecule has 6 heteroatoms. The highest BCUT2D eigenvalue weighted by molar-refractivity contribution is 5.94. The number of carbonyl (C=O) groups is 2. The molecule has 0 radical (unpaired) electrons. The zero-order chi connectivity index (χ0) is 20.9. The first-order valence-electron chi connectivity index (χ1n) is 10.7. The lowest BCUT2D eigenvalue weighted by Crippen LogP contribution is -2.40. The van der Waals surface area contributed by atoms with Crippen molar-refractivity contribution in [3.05, 3.63) is 66.0 Å². The minimum absolute atomic E-state index is 0.0840. The summed E-state index contributed by atoms with van der Waals surface area (Å²) in [5.41, 5.74) is 2.34. The van der Waals surface area contributed by atoms with Crippen LogP contribution in [0.25, 0.3) is 11.0 Å². The number of carbonyl (C=O) groups excluding carboxylic acids is 2. The fourth-order valence-corrected chi connectivity index (χ4v) is 4.21. The van der Waals surface area contributed by atoms with Gasteiger partial charge in [0.15, 0.2) is 0 Å². The van der Waals surface area contributed by atoms with E-state index in [0.717, 1.165) is 23.9 Å². The molecule has 0 bridgehead atoms. The maximum absolute atomic E-state index is 13.1. The van der Waals surface area contributed by atoms with Gasteiger partial charge in [0, 0.05) is 18.7 Å². The van der Waals surface area contributed by atoms with E-state index in [2.05, 4.69) is 10.3 Å². The third-order valence-corrected chi connectivity index (χ3v) is 5.99. The monoisotopic (exact) mass is 404 g/mol. The van der Waals surface area contributed by atoms with Crippen molar-refractivity contribution in [3.8, 4) is 0 Å². The number of aromatic nitrogens is 2. The molecule has 0 aliphatic heterocycles. The highest BCUT2D eigenvalue weighted by atomic mass is 16.2. The van der Waals surface area contributed by atoms with E-state index in [4.69, 9.17) is 0 Å². The maximum Gasteiger partial charge on any atom is 0.251 e. The molecule has 1 aliphatic rings. The maximum atomic E-state index is 13.1. The van der Waals surface area contributed by atoms with Crippen LogP contribution in [0, 0.1) is 0 Å². The van der Waals surface area contributed by atoms with Crippen molar-refractivity contribution in [2.45, 2.75) is 51.2 Å². The van der Waals surface area contributed by atoms with Crippen molar-refractivity contribution in [2.24, 2.45) is 0 Å². The van der Waals surface area contributed by atoms with Crippen LogP contribution >= 0.6 is 0 Å². The number of likely N-dealkylation sites (N-methyl/N-ethyl adjacent to an activating group) is 1. The predicted molar refractivity (Wildman–Crippen MR) is 117 cm³/mol. The Kier molecular flexibility index (Phi) is 6.12. The van der Waals surface area contributed by atoms with Gasteiger partial charge in [-0.25, -0.2) is 4.98 Å². The zero-order valence-corrected chi connectivity index (χ0v) is 17.4. The molecule has 4 rings (SSSR count). The van der Waals surface area contributed by atoms with Gasteiger partial charge in [-0.05, 0) is 37.1 Å². The highest BCUT2D eigenvalue weighted by Crippen LogP contribution is 2.23. The van der Waals surface area contributed by atoms with Crippen LogP contribution in [0.4, 0.5) is 0 Å². The molecule has 6 nitrogen and oxygen atoms in total. The molecule has 2 aromatic carbocycles. The Balaban J connectivity index is 1.52. The van der Waals surface area contributed by atoms with Crippen LogP contribution in [0.3, 0.4) is 0 Å². The van der Waals surface area contributed by atoms with E-state index >= 15 is 0 Å². The van der Waals surface area contributed by atoms with Crippen LogP contribution in [0.15, 0.2) is 54.6 Å². The van der Waals surface area contributed by atoms with Crippen molar-refractivity contribution in [1.29, 1.82) is 0 Å². The number of hydrogen-bond acceptors (Lipinski definition) is 3. The topological polar surface area (TPSA) is 67.2 Å². The number of hydrogen-bond donors (Lipinski definition) is 1.